The third-order valence-corrected chi connectivity index (χ3v) is 6.46. The van der Waals surface area contributed by atoms with Gasteiger partial charge in [0.2, 0.25) is 5.91 Å². The molecule has 0 spiro atoms. The lowest BCUT2D eigenvalue weighted by Gasteiger charge is -2.36. The molecule has 0 unspecified atom stereocenters. The SMILES string of the molecule is O=Nc1ccc(NC2CCC(OCC(=O)N3CCN(c4ccccc4)CC3)CC2)nc1C(F)(F)F. The third kappa shape index (κ3) is 6.47. The zero-order valence-electron chi connectivity index (χ0n) is 19.2. The van der Waals surface area contributed by atoms with Crippen molar-refractivity contribution in [2.45, 2.75) is 44.0 Å². The molecule has 1 saturated heterocycles. The molecule has 2 heterocycles. The summed E-state index contributed by atoms with van der Waals surface area (Å²) in [5.41, 5.74) is -0.869. The van der Waals surface area contributed by atoms with Crippen molar-refractivity contribution in [2.75, 3.05) is 43.0 Å². The molecule has 1 aliphatic heterocycles. The minimum absolute atomic E-state index is 0.0225. The van der Waals surface area contributed by atoms with Crippen LogP contribution in [0.2, 0.25) is 0 Å². The van der Waals surface area contributed by atoms with Crippen LogP contribution in [0.5, 0.6) is 0 Å². The topological polar surface area (TPSA) is 87.1 Å². The molecule has 1 aromatic heterocycles. The maximum Gasteiger partial charge on any atom is 0.435 e. The lowest BCUT2D eigenvalue weighted by atomic mass is 9.93. The minimum atomic E-state index is -4.76. The Hall–Kier alpha value is -3.21. The van der Waals surface area contributed by atoms with Gasteiger partial charge in [0.25, 0.3) is 0 Å². The molecule has 0 atom stereocenters. The Kier molecular flexibility index (Phi) is 7.84. The predicted octanol–water partition coefficient (Wildman–Crippen LogP) is 4.59. The summed E-state index contributed by atoms with van der Waals surface area (Å²) in [7, 11) is 0. The summed E-state index contributed by atoms with van der Waals surface area (Å²) < 4.78 is 45.1. The number of hydrogen-bond donors (Lipinski definition) is 1. The number of aromatic nitrogens is 1. The van der Waals surface area contributed by atoms with Crippen molar-refractivity contribution in [3.05, 3.63) is 53.1 Å². The van der Waals surface area contributed by atoms with Crippen LogP contribution < -0.4 is 10.2 Å². The molecular weight excluding hydrogens is 463 g/mol. The number of para-hydroxylation sites is 1. The maximum atomic E-state index is 13.1. The highest BCUT2D eigenvalue weighted by Gasteiger charge is 2.37. The van der Waals surface area contributed by atoms with E-state index in [1.807, 2.05) is 23.1 Å². The quantitative estimate of drug-likeness (QED) is 0.571. The standard InChI is InChI=1S/C24H28F3N5O3/c25-24(26,27)23-20(30-34)10-11-21(29-23)28-17-6-8-19(9-7-17)35-16-22(33)32-14-12-31(13-15-32)18-4-2-1-3-5-18/h1-5,10-11,17,19H,6-9,12-16H2,(H,28,29). The summed E-state index contributed by atoms with van der Waals surface area (Å²) >= 11 is 0. The Bertz CT molecular complexity index is 1010. The fraction of sp³-hybridized carbons (Fsp3) is 0.500. The summed E-state index contributed by atoms with van der Waals surface area (Å²) in [6.45, 7) is 2.89. The second-order valence-corrected chi connectivity index (χ2v) is 8.79. The second-order valence-electron chi connectivity index (χ2n) is 8.79. The normalized spacial score (nSPS) is 21.0. The van der Waals surface area contributed by atoms with Gasteiger partial charge in [0.05, 0.1) is 6.10 Å². The van der Waals surface area contributed by atoms with Gasteiger partial charge in [-0.3, -0.25) is 4.79 Å². The predicted molar refractivity (Wildman–Crippen MR) is 126 cm³/mol. The van der Waals surface area contributed by atoms with Crippen LogP contribution in [0.15, 0.2) is 47.6 Å². The van der Waals surface area contributed by atoms with E-state index in [9.17, 15) is 22.9 Å². The molecule has 11 heteroatoms. The average Bonchev–Trinajstić information content (AvgIpc) is 2.88. The number of carbonyl (C=O) groups excluding carboxylic acids is 1. The molecule has 1 aromatic carbocycles. The molecular formula is C24H28F3N5O3. The minimum Gasteiger partial charge on any atom is -0.368 e. The van der Waals surface area contributed by atoms with Gasteiger partial charge in [0.1, 0.15) is 18.1 Å². The number of amides is 1. The van der Waals surface area contributed by atoms with E-state index in [0.29, 0.717) is 38.8 Å². The van der Waals surface area contributed by atoms with Crippen molar-refractivity contribution in [3.8, 4) is 0 Å². The lowest BCUT2D eigenvalue weighted by Crippen LogP contribution is -2.50. The van der Waals surface area contributed by atoms with Crippen LogP contribution in [0.1, 0.15) is 31.4 Å². The number of piperazine rings is 1. The first-order valence-corrected chi connectivity index (χ1v) is 11.7. The van der Waals surface area contributed by atoms with E-state index in [1.165, 1.54) is 6.07 Å². The van der Waals surface area contributed by atoms with Gasteiger partial charge < -0.3 is 19.9 Å². The van der Waals surface area contributed by atoms with Gasteiger partial charge in [-0.25, -0.2) is 4.98 Å². The van der Waals surface area contributed by atoms with Crippen LogP contribution in [0.3, 0.4) is 0 Å². The van der Waals surface area contributed by atoms with Crippen molar-refractivity contribution in [1.29, 1.82) is 0 Å². The van der Waals surface area contributed by atoms with Crippen LogP contribution in [-0.4, -0.2) is 60.7 Å². The molecule has 35 heavy (non-hydrogen) atoms. The first-order valence-electron chi connectivity index (χ1n) is 11.7. The molecule has 0 radical (unpaired) electrons. The van der Waals surface area contributed by atoms with E-state index in [2.05, 4.69) is 32.5 Å². The number of alkyl halides is 3. The van der Waals surface area contributed by atoms with Gasteiger partial charge in [0, 0.05) is 37.9 Å². The van der Waals surface area contributed by atoms with E-state index in [-0.39, 0.29) is 30.5 Å². The van der Waals surface area contributed by atoms with E-state index < -0.39 is 17.6 Å². The van der Waals surface area contributed by atoms with Gasteiger partial charge in [-0.2, -0.15) is 13.2 Å². The molecule has 4 rings (SSSR count). The van der Waals surface area contributed by atoms with Crippen LogP contribution in [0.25, 0.3) is 0 Å². The Morgan fingerprint density at radius 3 is 2.34 bits per heavy atom. The van der Waals surface area contributed by atoms with Crippen molar-refractivity contribution in [1.82, 2.24) is 9.88 Å². The van der Waals surface area contributed by atoms with E-state index in [4.69, 9.17) is 4.74 Å². The van der Waals surface area contributed by atoms with E-state index in [0.717, 1.165) is 24.8 Å². The molecule has 1 amide bonds. The molecule has 2 aliphatic rings. The summed E-state index contributed by atoms with van der Waals surface area (Å²) in [5.74, 6) is 0.0321. The number of rotatable bonds is 7. The van der Waals surface area contributed by atoms with Crippen molar-refractivity contribution >= 4 is 23.1 Å². The summed E-state index contributed by atoms with van der Waals surface area (Å²) in [4.78, 5) is 30.9. The van der Waals surface area contributed by atoms with Crippen molar-refractivity contribution in [2.24, 2.45) is 5.18 Å². The molecule has 2 fully saturated rings. The number of anilines is 2. The Morgan fingerprint density at radius 1 is 1.03 bits per heavy atom. The Balaban J connectivity index is 1.19. The highest BCUT2D eigenvalue weighted by molar-refractivity contribution is 5.77. The monoisotopic (exact) mass is 491 g/mol. The second kappa shape index (κ2) is 11.0. The van der Waals surface area contributed by atoms with Crippen molar-refractivity contribution in [3.63, 3.8) is 0 Å². The van der Waals surface area contributed by atoms with E-state index >= 15 is 0 Å². The zero-order chi connectivity index (χ0) is 24.8. The van der Waals surface area contributed by atoms with Crippen LogP contribution in [-0.2, 0) is 15.7 Å². The number of carbonyl (C=O) groups is 1. The largest absolute Gasteiger partial charge is 0.435 e. The first kappa shape index (κ1) is 24.9. The number of hydrogen-bond acceptors (Lipinski definition) is 7. The summed E-state index contributed by atoms with van der Waals surface area (Å²) in [6, 6.07) is 12.4. The fourth-order valence-corrected chi connectivity index (χ4v) is 4.53. The fourth-order valence-electron chi connectivity index (χ4n) is 4.53. The molecule has 188 valence electrons. The highest BCUT2D eigenvalue weighted by atomic mass is 19.4. The van der Waals surface area contributed by atoms with Gasteiger partial charge in [-0.05, 0) is 55.1 Å². The van der Waals surface area contributed by atoms with Gasteiger partial charge >= 0.3 is 6.18 Å². The molecule has 1 aliphatic carbocycles. The van der Waals surface area contributed by atoms with Gasteiger partial charge in [-0.1, -0.05) is 18.2 Å². The Labute approximate surface area is 201 Å². The van der Waals surface area contributed by atoms with Gasteiger partial charge in [0.15, 0.2) is 5.69 Å². The molecule has 1 saturated carbocycles. The number of nitrogens with zero attached hydrogens (tertiary/aromatic N) is 4. The third-order valence-electron chi connectivity index (χ3n) is 6.46. The Morgan fingerprint density at radius 2 is 1.71 bits per heavy atom. The average molecular weight is 492 g/mol. The molecule has 8 nitrogen and oxygen atoms in total. The lowest BCUT2D eigenvalue weighted by molar-refractivity contribution is -0.140. The maximum absolute atomic E-state index is 13.1. The van der Waals surface area contributed by atoms with Crippen LogP contribution >= 0.6 is 0 Å². The number of benzene rings is 1. The summed E-state index contributed by atoms with van der Waals surface area (Å²) in [6.07, 6.45) is -2.10. The van der Waals surface area contributed by atoms with E-state index in [1.54, 1.807) is 0 Å². The van der Waals surface area contributed by atoms with Crippen LogP contribution in [0.4, 0.5) is 30.4 Å². The first-order chi connectivity index (χ1) is 16.8. The number of pyridine rings is 1. The molecule has 0 bridgehead atoms. The molecule has 2 aromatic rings. The molecule has 1 N–H and O–H groups in total. The number of nitroso groups, excluding NO2 is 1. The van der Waals surface area contributed by atoms with Crippen LogP contribution in [0, 0.1) is 4.91 Å². The van der Waals surface area contributed by atoms with Gasteiger partial charge in [-0.15, -0.1) is 4.91 Å². The number of halogens is 3. The number of ether oxygens (including phenoxy) is 1. The zero-order valence-corrected chi connectivity index (χ0v) is 19.2. The number of nitrogens with one attached hydrogen (secondary N) is 1. The summed E-state index contributed by atoms with van der Waals surface area (Å²) in [5, 5.41) is 5.42. The van der Waals surface area contributed by atoms with Crippen molar-refractivity contribution < 1.29 is 22.7 Å². The smallest absolute Gasteiger partial charge is 0.368 e. The highest BCUT2D eigenvalue weighted by Crippen LogP contribution is 2.36.